The summed E-state index contributed by atoms with van der Waals surface area (Å²) < 4.78 is 39.6. The summed E-state index contributed by atoms with van der Waals surface area (Å²) in [5.74, 6) is -0.592. The van der Waals surface area contributed by atoms with Crippen LogP contribution in [0.25, 0.3) is 16.8 Å². The predicted octanol–water partition coefficient (Wildman–Crippen LogP) is 6.10. The van der Waals surface area contributed by atoms with Gasteiger partial charge in [-0.1, -0.05) is 54.6 Å². The van der Waals surface area contributed by atoms with Crippen molar-refractivity contribution in [1.82, 2.24) is 4.90 Å². The van der Waals surface area contributed by atoms with Gasteiger partial charge in [0.2, 0.25) is 0 Å². The molecular weight excluding hydrogens is 399 g/mol. The first-order valence-corrected chi connectivity index (χ1v) is 9.54. The summed E-state index contributed by atoms with van der Waals surface area (Å²) in [5, 5.41) is 1.51. The van der Waals surface area contributed by atoms with E-state index in [0.29, 0.717) is 11.8 Å². The summed E-state index contributed by atoms with van der Waals surface area (Å²) in [4.78, 5) is 26.1. The molecule has 3 nitrogen and oxygen atoms in total. The van der Waals surface area contributed by atoms with Crippen LogP contribution in [0.2, 0.25) is 0 Å². The van der Waals surface area contributed by atoms with E-state index in [9.17, 15) is 22.8 Å². The highest BCUT2D eigenvalue weighted by Crippen LogP contribution is 2.37. The molecule has 1 aliphatic rings. The molecule has 4 rings (SSSR count). The molecule has 7 heteroatoms. The molecule has 2 amide bonds. The summed E-state index contributed by atoms with van der Waals surface area (Å²) in [6.45, 7) is 0.0633. The fraction of sp³-hybridized carbons (Fsp3) is 0.0909. The molecule has 0 aromatic heterocycles. The van der Waals surface area contributed by atoms with Gasteiger partial charge in [-0.25, -0.2) is 0 Å². The molecule has 146 valence electrons. The number of alkyl halides is 3. The molecule has 0 aliphatic carbocycles. The van der Waals surface area contributed by atoms with Crippen LogP contribution < -0.4 is 0 Å². The van der Waals surface area contributed by atoms with Crippen LogP contribution in [0.3, 0.4) is 0 Å². The molecule has 0 atom stereocenters. The SMILES string of the molecule is O=C1S/C(=C\c2ccccc2C(F)(F)F)C(=O)N1Cc1ccc2ccccc2c1. The van der Waals surface area contributed by atoms with Gasteiger partial charge in [-0.3, -0.25) is 14.5 Å². The number of benzene rings is 3. The lowest BCUT2D eigenvalue weighted by molar-refractivity contribution is -0.137. The smallest absolute Gasteiger partial charge is 0.268 e. The molecule has 3 aromatic carbocycles. The molecule has 0 radical (unpaired) electrons. The number of nitrogens with zero attached hydrogens (tertiary/aromatic N) is 1. The summed E-state index contributed by atoms with van der Waals surface area (Å²) >= 11 is 0.650. The van der Waals surface area contributed by atoms with Gasteiger partial charge in [-0.2, -0.15) is 13.2 Å². The number of halogens is 3. The normalized spacial score (nSPS) is 16.2. The van der Waals surface area contributed by atoms with E-state index in [1.807, 2.05) is 42.5 Å². The fourth-order valence-electron chi connectivity index (χ4n) is 3.18. The van der Waals surface area contributed by atoms with Crippen LogP contribution in [-0.4, -0.2) is 16.0 Å². The van der Waals surface area contributed by atoms with E-state index < -0.39 is 22.9 Å². The molecule has 1 heterocycles. The van der Waals surface area contributed by atoms with Crippen molar-refractivity contribution in [2.24, 2.45) is 0 Å². The maximum absolute atomic E-state index is 13.2. The Labute approximate surface area is 168 Å². The van der Waals surface area contributed by atoms with Gasteiger partial charge in [-0.15, -0.1) is 0 Å². The molecule has 1 aliphatic heterocycles. The van der Waals surface area contributed by atoms with Crippen LogP contribution in [0, 0.1) is 0 Å². The van der Waals surface area contributed by atoms with Crippen molar-refractivity contribution in [1.29, 1.82) is 0 Å². The number of carbonyl (C=O) groups excluding carboxylic acids is 2. The minimum Gasteiger partial charge on any atom is -0.268 e. The van der Waals surface area contributed by atoms with Gasteiger partial charge < -0.3 is 0 Å². The molecule has 0 unspecified atom stereocenters. The molecule has 1 saturated heterocycles. The Balaban J connectivity index is 1.61. The Morgan fingerprint density at radius 1 is 0.897 bits per heavy atom. The van der Waals surface area contributed by atoms with E-state index in [4.69, 9.17) is 0 Å². The first-order valence-electron chi connectivity index (χ1n) is 8.72. The minimum absolute atomic E-state index is 0.0208. The highest BCUT2D eigenvalue weighted by Gasteiger charge is 2.37. The van der Waals surface area contributed by atoms with Crippen molar-refractivity contribution in [2.45, 2.75) is 12.7 Å². The second kappa shape index (κ2) is 7.40. The second-order valence-corrected chi connectivity index (χ2v) is 7.53. The Morgan fingerprint density at radius 2 is 1.59 bits per heavy atom. The quantitative estimate of drug-likeness (QED) is 0.487. The first kappa shape index (κ1) is 19.3. The summed E-state index contributed by atoms with van der Waals surface area (Å²) in [7, 11) is 0. The zero-order valence-corrected chi connectivity index (χ0v) is 15.8. The van der Waals surface area contributed by atoms with Crippen molar-refractivity contribution in [3.05, 3.63) is 88.3 Å². The standard InChI is InChI=1S/C22H14F3NO2S/c23-22(24,25)18-8-4-3-7-17(18)12-19-20(27)26(21(28)29-19)13-14-9-10-15-5-1-2-6-16(15)11-14/h1-12H,13H2/b19-12-. The monoisotopic (exact) mass is 413 g/mol. The van der Waals surface area contributed by atoms with Crippen molar-refractivity contribution in [3.8, 4) is 0 Å². The fourth-order valence-corrected chi connectivity index (χ4v) is 4.01. The number of carbonyl (C=O) groups is 2. The lowest BCUT2D eigenvalue weighted by atomic mass is 10.1. The van der Waals surface area contributed by atoms with E-state index in [2.05, 4.69) is 0 Å². The maximum atomic E-state index is 13.2. The van der Waals surface area contributed by atoms with E-state index in [1.165, 1.54) is 18.2 Å². The highest BCUT2D eigenvalue weighted by atomic mass is 32.2. The third-order valence-electron chi connectivity index (χ3n) is 4.58. The summed E-state index contributed by atoms with van der Waals surface area (Å²) in [6.07, 6.45) is -3.41. The molecule has 0 saturated carbocycles. The molecule has 29 heavy (non-hydrogen) atoms. The largest absolute Gasteiger partial charge is 0.416 e. The topological polar surface area (TPSA) is 37.4 Å². The number of imide groups is 1. The second-order valence-electron chi connectivity index (χ2n) is 6.53. The van der Waals surface area contributed by atoms with Crippen LogP contribution in [0.15, 0.2) is 71.6 Å². The number of hydrogen-bond acceptors (Lipinski definition) is 3. The third kappa shape index (κ3) is 3.91. The number of rotatable bonds is 3. The van der Waals surface area contributed by atoms with Crippen molar-refractivity contribution >= 4 is 39.8 Å². The average Bonchev–Trinajstić information content (AvgIpc) is 2.95. The molecule has 3 aromatic rings. The zero-order chi connectivity index (χ0) is 20.6. The maximum Gasteiger partial charge on any atom is 0.416 e. The Kier molecular flexibility index (Phi) is 4.92. The van der Waals surface area contributed by atoms with Crippen LogP contribution >= 0.6 is 11.8 Å². The number of hydrogen-bond donors (Lipinski definition) is 0. The van der Waals surface area contributed by atoms with Gasteiger partial charge in [0.1, 0.15) is 0 Å². The summed E-state index contributed by atoms with van der Waals surface area (Å²) in [5.41, 5.74) is -0.222. The minimum atomic E-state index is -4.55. The highest BCUT2D eigenvalue weighted by molar-refractivity contribution is 8.18. The predicted molar refractivity (Wildman–Crippen MR) is 107 cm³/mol. The lowest BCUT2D eigenvalue weighted by Gasteiger charge is -2.13. The van der Waals surface area contributed by atoms with Crippen LogP contribution in [0.5, 0.6) is 0 Å². The van der Waals surface area contributed by atoms with Gasteiger partial charge in [-0.05, 0) is 51.9 Å². The van der Waals surface area contributed by atoms with Crippen molar-refractivity contribution in [3.63, 3.8) is 0 Å². The van der Waals surface area contributed by atoms with Gasteiger partial charge in [0.05, 0.1) is 17.0 Å². The Morgan fingerprint density at radius 3 is 2.34 bits per heavy atom. The van der Waals surface area contributed by atoms with Gasteiger partial charge in [0, 0.05) is 0 Å². The average molecular weight is 413 g/mol. The molecule has 0 spiro atoms. The van der Waals surface area contributed by atoms with E-state index >= 15 is 0 Å². The first-order chi connectivity index (χ1) is 13.8. The van der Waals surface area contributed by atoms with E-state index in [1.54, 1.807) is 0 Å². The van der Waals surface area contributed by atoms with Gasteiger partial charge in [0.25, 0.3) is 11.1 Å². The Bertz CT molecular complexity index is 1150. The summed E-state index contributed by atoms with van der Waals surface area (Å²) in [6, 6.07) is 18.3. The van der Waals surface area contributed by atoms with Crippen molar-refractivity contribution < 1.29 is 22.8 Å². The van der Waals surface area contributed by atoms with Gasteiger partial charge in [0.15, 0.2) is 0 Å². The number of thioether (sulfide) groups is 1. The van der Waals surface area contributed by atoms with E-state index in [0.717, 1.165) is 33.4 Å². The molecule has 1 fully saturated rings. The number of amides is 2. The van der Waals surface area contributed by atoms with Crippen LogP contribution in [0.4, 0.5) is 18.0 Å². The Hall–Kier alpha value is -3.06. The van der Waals surface area contributed by atoms with Crippen LogP contribution in [0.1, 0.15) is 16.7 Å². The molecule has 0 N–H and O–H groups in total. The molecule has 0 bridgehead atoms. The lowest BCUT2D eigenvalue weighted by Crippen LogP contribution is -2.27. The van der Waals surface area contributed by atoms with E-state index in [-0.39, 0.29) is 17.0 Å². The van der Waals surface area contributed by atoms with Gasteiger partial charge >= 0.3 is 6.18 Å². The molecular formula is C22H14F3NO2S. The third-order valence-corrected chi connectivity index (χ3v) is 5.49. The zero-order valence-electron chi connectivity index (χ0n) is 14.9. The van der Waals surface area contributed by atoms with Crippen molar-refractivity contribution in [2.75, 3.05) is 0 Å². The number of fused-ring (bicyclic) bond motifs is 1. The van der Waals surface area contributed by atoms with Crippen LogP contribution in [-0.2, 0) is 17.5 Å².